The lowest BCUT2D eigenvalue weighted by molar-refractivity contribution is -0.0309. The topological polar surface area (TPSA) is 485 Å². The number of imidazole rings is 2. The van der Waals surface area contributed by atoms with Crippen LogP contribution < -0.4 is 17.2 Å². The molecule has 18 heterocycles. The Morgan fingerprint density at radius 2 is 0.962 bits per heavy atom. The van der Waals surface area contributed by atoms with E-state index in [1.165, 1.54) is 31.2 Å². The van der Waals surface area contributed by atoms with E-state index in [0.717, 1.165) is 101 Å². The van der Waals surface area contributed by atoms with Crippen molar-refractivity contribution in [2.24, 2.45) is 21.7 Å². The van der Waals surface area contributed by atoms with Crippen molar-refractivity contribution in [3.05, 3.63) is 232 Å². The fraction of sp³-hybridized carbons (Fsp3) is 0.417. The average molecular weight is 1900 g/mol. The van der Waals surface area contributed by atoms with E-state index in [-0.39, 0.29) is 55.0 Å². The van der Waals surface area contributed by atoms with Crippen LogP contribution in [-0.2, 0) is 30.5 Å². The van der Waals surface area contributed by atoms with Gasteiger partial charge < -0.3 is 99.3 Å². The molecule has 0 radical (unpaired) electrons. The quantitative estimate of drug-likeness (QED) is 0.0606. The molecule has 9 aliphatic rings. The molecule has 4 saturated heterocycles. The van der Waals surface area contributed by atoms with Gasteiger partial charge in [-0.15, -0.1) is 0 Å². The normalized spacial score (nSPS) is 30.5. The fourth-order valence-electron chi connectivity index (χ4n) is 23.3. The minimum absolute atomic E-state index is 0.0323. The van der Waals surface area contributed by atoms with E-state index in [1.54, 1.807) is 53.9 Å². The Morgan fingerprint density at radius 3 is 1.56 bits per heavy atom. The third-order valence-electron chi connectivity index (χ3n) is 30.6. The third-order valence-corrected chi connectivity index (χ3v) is 33.9. The van der Waals surface area contributed by atoms with Gasteiger partial charge in [-0.1, -0.05) is 35.9 Å². The summed E-state index contributed by atoms with van der Waals surface area (Å²) in [5.41, 5.74) is 29.8. The molecule has 5 saturated carbocycles. The van der Waals surface area contributed by atoms with E-state index < -0.39 is 91.6 Å². The first-order valence-electron chi connectivity index (χ1n) is 45.0. The largest absolute Gasteiger partial charge is 0.390 e. The molecule has 688 valence electrons. The lowest BCUT2D eigenvalue weighted by Crippen LogP contribution is -2.37. The van der Waals surface area contributed by atoms with Crippen molar-refractivity contribution >= 4 is 132 Å². The van der Waals surface area contributed by atoms with Gasteiger partial charge in [0.25, 0.3) is 0 Å². The number of pyridine rings is 4. The molecule has 2 aromatic carbocycles. The summed E-state index contributed by atoms with van der Waals surface area (Å²) in [6.45, 7) is 9.02. The van der Waals surface area contributed by atoms with Crippen LogP contribution in [0.2, 0.25) is 5.02 Å². The summed E-state index contributed by atoms with van der Waals surface area (Å²) in [5, 5.41) is 93.8. The summed E-state index contributed by atoms with van der Waals surface area (Å²) in [4.78, 5) is 52.2. The van der Waals surface area contributed by atoms with Gasteiger partial charge in [0.05, 0.1) is 141 Å². The van der Waals surface area contributed by atoms with Gasteiger partial charge in [0.1, 0.15) is 95.4 Å². The van der Waals surface area contributed by atoms with Crippen LogP contribution in [0.4, 0.5) is 17.5 Å². The smallest absolute Gasteiger partial charge is 0.157 e. The van der Waals surface area contributed by atoms with Crippen molar-refractivity contribution in [2.75, 3.05) is 42.8 Å². The molecule has 0 amide bonds. The van der Waals surface area contributed by atoms with Gasteiger partial charge >= 0.3 is 0 Å². The Hall–Kier alpha value is -11.2. The highest BCUT2D eigenvalue weighted by Gasteiger charge is 2.63. The molecule has 4 spiro atoms. The molecule has 14 aromatic heterocycles. The highest BCUT2D eigenvalue weighted by atomic mass is 79.9. The number of nitrogens with zero attached hydrogens (tertiary/aromatic N) is 18. The summed E-state index contributed by atoms with van der Waals surface area (Å²) in [6, 6.07) is 29.6. The SMILES string of the molecule is Cc1ncnc2c1ccn2[C@@H]1C[C@@]2(CO[C@@H](Cc3ccc4ccc(N)nc4c3)C2)[C@@H](O)[C@H]1O.Cc1ncnc2c1ccn2[C@@H]1C[C@@]2(CO[C@@H](c3ccn4c(C)cnc4c3Cl)C2)[C@@H](O)[C@H]1O.Cc1ncnc2c1ccn2[C@@H]1C[C@@]2(CO[C@@H](c3ccn4c(C5CC5)cnc4c3)C2)[C@@H](O)[C@H]1O.Nc1nc2cc([C@H]3C[C@]4(C[C@@H](n5ccc6c(N)ncnc65)[C@H](O)[C@@H]4O)CS3(=O)=O)ccc2cc1Br. The van der Waals surface area contributed by atoms with Crippen molar-refractivity contribution in [1.82, 2.24) is 86.9 Å². The van der Waals surface area contributed by atoms with Gasteiger partial charge in [0.2, 0.25) is 0 Å². The zero-order valence-corrected chi connectivity index (χ0v) is 76.3. The second kappa shape index (κ2) is 32.8. The van der Waals surface area contributed by atoms with Crippen LogP contribution in [0.5, 0.6) is 0 Å². The van der Waals surface area contributed by atoms with Crippen LogP contribution in [0.3, 0.4) is 0 Å². The number of fused-ring (bicyclic) bond motifs is 8. The molecule has 14 N–H and O–H groups in total. The van der Waals surface area contributed by atoms with E-state index in [2.05, 4.69) is 111 Å². The van der Waals surface area contributed by atoms with E-state index in [4.69, 9.17) is 43.0 Å². The van der Waals surface area contributed by atoms with Gasteiger partial charge in [-0.2, -0.15) is 0 Å². The zero-order valence-electron chi connectivity index (χ0n) is 73.2. The van der Waals surface area contributed by atoms with Crippen LogP contribution in [0.1, 0.15) is 162 Å². The summed E-state index contributed by atoms with van der Waals surface area (Å²) in [7, 11) is -3.61. The number of anilines is 3. The molecule has 37 heteroatoms. The highest BCUT2D eigenvalue weighted by Crippen LogP contribution is 2.61. The first kappa shape index (κ1) is 87.2. The molecule has 16 aromatic rings. The van der Waals surface area contributed by atoms with Crippen LogP contribution in [0.25, 0.3) is 77.2 Å². The number of aliphatic hydroxyl groups is 8. The number of halogens is 2. The predicted molar refractivity (Wildman–Crippen MR) is 499 cm³/mol. The Bertz CT molecular complexity index is 7420. The number of aliphatic hydroxyl groups excluding tert-OH is 8. The van der Waals surface area contributed by atoms with E-state index in [1.807, 2.05) is 125 Å². The molecule has 133 heavy (non-hydrogen) atoms. The van der Waals surface area contributed by atoms with Gasteiger partial charge in [0.15, 0.2) is 15.5 Å². The maximum Gasteiger partial charge on any atom is 0.157 e. The maximum atomic E-state index is 13.4. The first-order chi connectivity index (χ1) is 64.0. The first-order valence-corrected chi connectivity index (χ1v) is 47.9. The fourth-order valence-corrected chi connectivity index (χ4v) is 26.5. The number of rotatable bonds is 10. The summed E-state index contributed by atoms with van der Waals surface area (Å²) in [5.74, 6) is 1.56. The molecular formula is C96H101BrClN21O13S. The van der Waals surface area contributed by atoms with Crippen LogP contribution in [0.15, 0.2) is 176 Å². The Balaban J connectivity index is 0.000000103. The lowest BCUT2D eigenvalue weighted by Gasteiger charge is -2.26. The standard InChI is InChI=1S/2C25H27N5O3.C23H23BrN6O4S.C23H24ClN5O3/c1-14-17-5-7-30(24(17)28-13-27-14)18-9-25(23(32)22(18)31)10-20(33-12-25)16-4-6-29-19(15-2-3-15)11-26-21(29)8-16;1-14-18-6-7-30(24(18)28-13-27-14)20-11-25(23(32)22(20)31)10-17(33-12-25)8-15-2-3-16-4-5-21(26)29-19(16)9-15;24-14-5-11-1-2-12(6-15(11)29-21(14)26)17-8-23(9-35(17,33)34)7-16(18(31)19(23)32)30-4-3-13-20(25)27-10-28-22(13)30;1-12-9-25-22-18(24)15(4-5-28(12)22)17-8-23(10-32-17)7-16(19(30)20(23)31)29-6-3-14-13(2)26-11-27-21(14)29/h4-8,11,13,15,18,20,22-23,31-32H,2-3,9-10,12H2,1H3;2-7,9,13,17,20,22-23,31-32H,8,10-12H2,1H3,(H2,26,29);1-6,10,16-19,31-32H,7-9H2,(H2,26,29)(H2,25,27,28);3-6,9,11,16-17,19-20,30-31H,7-8,10H2,1-2H3/t18-,20-,22+,23+,25-;17-,20+,22-,23-,25-;16-,17-,18+,19+,23-;16-,17-,19+,20+,23-/m1011/s1. The summed E-state index contributed by atoms with van der Waals surface area (Å²) in [6.07, 6.45) is 20.7. The molecule has 5 aliphatic carbocycles. The van der Waals surface area contributed by atoms with Crippen LogP contribution in [-0.4, -0.2) is 217 Å². The Kier molecular flexibility index (Phi) is 21.5. The average Bonchev–Trinajstić information content (AvgIpc) is 1.56. The van der Waals surface area contributed by atoms with Crippen molar-refractivity contribution in [3.8, 4) is 0 Å². The second-order valence-electron chi connectivity index (χ2n) is 38.5. The third kappa shape index (κ3) is 14.7. The Morgan fingerprint density at radius 1 is 0.459 bits per heavy atom. The molecule has 34 nitrogen and oxygen atoms in total. The lowest BCUT2D eigenvalue weighted by atomic mass is 9.80. The summed E-state index contributed by atoms with van der Waals surface area (Å²) >= 11 is 10.1. The number of nitrogens with two attached hydrogens (primary N) is 3. The van der Waals surface area contributed by atoms with Crippen molar-refractivity contribution in [1.29, 1.82) is 0 Å². The minimum atomic E-state index is -3.61. The number of nitrogen functional groups attached to an aromatic ring is 3. The molecule has 9 fully saturated rings. The van der Waals surface area contributed by atoms with Crippen LogP contribution >= 0.6 is 27.5 Å². The van der Waals surface area contributed by atoms with E-state index in [9.17, 15) is 49.3 Å². The number of ether oxygens (including phenoxy) is 3. The molecule has 0 bridgehead atoms. The predicted octanol–water partition coefficient (Wildman–Crippen LogP) is 10.9. The maximum absolute atomic E-state index is 13.4. The molecule has 4 aliphatic heterocycles. The van der Waals surface area contributed by atoms with E-state index >= 15 is 0 Å². The number of hydrogen-bond acceptors (Lipinski definition) is 28. The Labute approximate surface area is 775 Å². The van der Waals surface area contributed by atoms with Gasteiger partial charge in [-0.05, 0) is 204 Å². The van der Waals surface area contributed by atoms with E-state index in [0.29, 0.717) is 119 Å². The number of benzene rings is 2. The van der Waals surface area contributed by atoms with Gasteiger partial charge in [-0.3, -0.25) is 0 Å². The molecule has 0 unspecified atom stereocenters. The van der Waals surface area contributed by atoms with Gasteiger partial charge in [0, 0.05) is 121 Å². The molecular weight excluding hydrogens is 1800 g/mol. The number of aryl methyl sites for hydroxylation is 4. The number of aromatic nitrogens is 18. The zero-order chi connectivity index (χ0) is 92.0. The monoisotopic (exact) mass is 1900 g/mol. The molecule has 20 atom stereocenters. The summed E-state index contributed by atoms with van der Waals surface area (Å²) < 4.78 is 57.9. The number of hydrogen-bond donors (Lipinski definition) is 11. The van der Waals surface area contributed by atoms with Crippen molar-refractivity contribution in [2.45, 2.75) is 201 Å². The number of sulfone groups is 1. The van der Waals surface area contributed by atoms with Crippen LogP contribution in [0, 0.1) is 49.4 Å². The second-order valence-corrected chi connectivity index (χ2v) is 41.9. The highest BCUT2D eigenvalue weighted by molar-refractivity contribution is 9.10. The van der Waals surface area contributed by atoms with Gasteiger partial charge in [-0.25, -0.2) is 68.2 Å². The molecule has 25 rings (SSSR count). The minimum Gasteiger partial charge on any atom is -0.390 e. The van der Waals surface area contributed by atoms with Crippen molar-refractivity contribution in [3.63, 3.8) is 0 Å². The van der Waals surface area contributed by atoms with Crippen molar-refractivity contribution < 1.29 is 63.5 Å².